The van der Waals surface area contributed by atoms with Crippen molar-refractivity contribution in [2.75, 3.05) is 47.5 Å². The SMILES string of the molecule is COc1cc(-c2nc3c(o2)C(=O)C(=NCCN2CCCC2)CC3=O)cc(OC)c1OC. The van der Waals surface area contributed by atoms with Crippen molar-refractivity contribution in [1.29, 1.82) is 0 Å². The second-order valence-corrected chi connectivity index (χ2v) is 7.42. The molecule has 2 aliphatic rings. The summed E-state index contributed by atoms with van der Waals surface area (Å²) in [6.45, 7) is 3.38. The number of fused-ring (bicyclic) bond motifs is 1. The maximum absolute atomic E-state index is 12.9. The smallest absolute Gasteiger partial charge is 0.244 e. The van der Waals surface area contributed by atoms with E-state index in [0.29, 0.717) is 29.4 Å². The standard InChI is InChI=1S/C22H25N3O6/c1-28-16-10-13(11-17(29-2)20(16)30-3)22-24-18-15(26)12-14(19(27)21(18)31-22)23-6-9-25-7-4-5-8-25/h10-11H,4-9,12H2,1-3H3. The van der Waals surface area contributed by atoms with Gasteiger partial charge in [-0.3, -0.25) is 14.6 Å². The number of aromatic nitrogens is 1. The first kappa shape index (κ1) is 21.0. The highest BCUT2D eigenvalue weighted by atomic mass is 16.5. The van der Waals surface area contributed by atoms with Gasteiger partial charge in [-0.25, -0.2) is 4.98 Å². The summed E-state index contributed by atoms with van der Waals surface area (Å²) in [5, 5.41) is 0. The van der Waals surface area contributed by atoms with Gasteiger partial charge in [0, 0.05) is 12.1 Å². The van der Waals surface area contributed by atoms with Crippen molar-refractivity contribution in [3.8, 4) is 28.7 Å². The Labute approximate surface area is 180 Å². The number of methoxy groups -OCH3 is 3. The first-order valence-electron chi connectivity index (χ1n) is 10.2. The number of rotatable bonds is 7. The third-order valence-electron chi connectivity index (χ3n) is 5.52. The molecule has 0 amide bonds. The number of ether oxygens (including phenoxy) is 3. The first-order valence-corrected chi connectivity index (χ1v) is 10.2. The number of aliphatic imine (C=N–C) groups is 1. The molecule has 9 heteroatoms. The van der Waals surface area contributed by atoms with Gasteiger partial charge < -0.3 is 23.5 Å². The first-order chi connectivity index (χ1) is 15.0. The van der Waals surface area contributed by atoms with Crippen molar-refractivity contribution in [2.45, 2.75) is 19.3 Å². The van der Waals surface area contributed by atoms with Gasteiger partial charge in [-0.05, 0) is 38.1 Å². The van der Waals surface area contributed by atoms with E-state index in [2.05, 4.69) is 14.9 Å². The fourth-order valence-electron chi connectivity index (χ4n) is 3.90. The highest BCUT2D eigenvalue weighted by Gasteiger charge is 2.35. The van der Waals surface area contributed by atoms with Gasteiger partial charge in [-0.2, -0.15) is 0 Å². The summed E-state index contributed by atoms with van der Waals surface area (Å²) in [6.07, 6.45) is 2.32. The minimum absolute atomic E-state index is 0.0345. The van der Waals surface area contributed by atoms with E-state index in [4.69, 9.17) is 18.6 Å². The van der Waals surface area contributed by atoms with Gasteiger partial charge in [0.1, 0.15) is 0 Å². The lowest BCUT2D eigenvalue weighted by atomic mass is 9.97. The van der Waals surface area contributed by atoms with Crippen molar-refractivity contribution in [2.24, 2.45) is 4.99 Å². The zero-order valence-electron chi connectivity index (χ0n) is 17.9. The van der Waals surface area contributed by atoms with Crippen molar-refractivity contribution >= 4 is 17.3 Å². The lowest BCUT2D eigenvalue weighted by Gasteiger charge is -2.13. The molecule has 0 N–H and O–H groups in total. The molecule has 2 aromatic rings. The molecule has 1 aromatic carbocycles. The fourth-order valence-corrected chi connectivity index (χ4v) is 3.90. The summed E-state index contributed by atoms with van der Waals surface area (Å²) in [6, 6.07) is 3.30. The second-order valence-electron chi connectivity index (χ2n) is 7.42. The number of oxazole rings is 1. The number of nitrogens with zero attached hydrogens (tertiary/aromatic N) is 3. The van der Waals surface area contributed by atoms with Crippen LogP contribution in [0.2, 0.25) is 0 Å². The van der Waals surface area contributed by atoms with Gasteiger partial charge in [0.2, 0.25) is 23.2 Å². The Bertz CT molecular complexity index is 1010. The molecule has 0 saturated carbocycles. The monoisotopic (exact) mass is 427 g/mol. The maximum Gasteiger partial charge on any atom is 0.244 e. The average Bonchev–Trinajstić information content (AvgIpc) is 3.46. The van der Waals surface area contributed by atoms with Crippen LogP contribution in [0.4, 0.5) is 0 Å². The van der Waals surface area contributed by atoms with Crippen LogP contribution in [0.3, 0.4) is 0 Å². The molecule has 164 valence electrons. The zero-order chi connectivity index (χ0) is 22.0. The molecule has 1 fully saturated rings. The Kier molecular flexibility index (Phi) is 6.03. The minimum atomic E-state index is -0.387. The Hall–Kier alpha value is -3.20. The van der Waals surface area contributed by atoms with Gasteiger partial charge >= 0.3 is 0 Å². The van der Waals surface area contributed by atoms with Gasteiger partial charge in [0.05, 0.1) is 40.0 Å². The maximum atomic E-state index is 12.9. The van der Waals surface area contributed by atoms with Crippen LogP contribution in [0, 0.1) is 0 Å². The molecule has 0 radical (unpaired) electrons. The summed E-state index contributed by atoms with van der Waals surface area (Å²) in [5.74, 6) is 0.637. The van der Waals surface area contributed by atoms with E-state index in [1.807, 2.05) is 0 Å². The topological polar surface area (TPSA) is 103 Å². The number of Topliss-reactive ketones (excluding diaryl/α,β-unsaturated/α-hetero) is 2. The van der Waals surface area contributed by atoms with Crippen LogP contribution in [0.25, 0.3) is 11.5 Å². The van der Waals surface area contributed by atoms with Crippen LogP contribution in [0.5, 0.6) is 17.2 Å². The predicted octanol–water partition coefficient (Wildman–Crippen LogP) is 2.67. The molecule has 31 heavy (non-hydrogen) atoms. The van der Waals surface area contributed by atoms with E-state index in [1.54, 1.807) is 12.1 Å². The number of ketones is 2. The number of hydrogen-bond acceptors (Lipinski definition) is 9. The molecule has 1 aromatic heterocycles. The van der Waals surface area contributed by atoms with Crippen LogP contribution in [-0.2, 0) is 0 Å². The zero-order valence-corrected chi connectivity index (χ0v) is 17.9. The molecule has 2 heterocycles. The third-order valence-corrected chi connectivity index (χ3v) is 5.52. The molecular formula is C22H25N3O6. The lowest BCUT2D eigenvalue weighted by Crippen LogP contribution is -2.28. The normalized spacial score (nSPS) is 17.8. The third kappa shape index (κ3) is 4.05. The van der Waals surface area contributed by atoms with E-state index < -0.39 is 0 Å². The summed E-state index contributed by atoms with van der Waals surface area (Å²) >= 11 is 0. The van der Waals surface area contributed by atoms with Crippen LogP contribution >= 0.6 is 0 Å². The number of likely N-dealkylation sites (tertiary alicyclic amines) is 1. The van der Waals surface area contributed by atoms with Crippen LogP contribution in [0.15, 0.2) is 21.5 Å². The largest absolute Gasteiger partial charge is 0.493 e. The summed E-state index contributed by atoms with van der Waals surface area (Å²) < 4.78 is 21.8. The van der Waals surface area contributed by atoms with Crippen molar-refractivity contribution in [3.05, 3.63) is 23.6 Å². The summed E-state index contributed by atoms with van der Waals surface area (Å²) in [5.41, 5.74) is 0.758. The second kappa shape index (κ2) is 8.89. The van der Waals surface area contributed by atoms with Gasteiger partial charge in [-0.15, -0.1) is 0 Å². The van der Waals surface area contributed by atoms with Gasteiger partial charge in [-0.1, -0.05) is 0 Å². The number of carbonyl (C=O) groups is 2. The Balaban J connectivity index is 1.62. The van der Waals surface area contributed by atoms with E-state index in [0.717, 1.165) is 19.6 Å². The molecule has 0 bridgehead atoms. The number of carbonyl (C=O) groups excluding carboxylic acids is 2. The van der Waals surface area contributed by atoms with Crippen molar-refractivity contribution in [1.82, 2.24) is 9.88 Å². The molecule has 9 nitrogen and oxygen atoms in total. The van der Waals surface area contributed by atoms with Crippen molar-refractivity contribution in [3.63, 3.8) is 0 Å². The minimum Gasteiger partial charge on any atom is -0.493 e. The lowest BCUT2D eigenvalue weighted by molar-refractivity contribution is 0.0949. The van der Waals surface area contributed by atoms with E-state index in [9.17, 15) is 9.59 Å². The van der Waals surface area contributed by atoms with E-state index >= 15 is 0 Å². The number of hydrogen-bond donors (Lipinski definition) is 0. The number of benzene rings is 1. The molecule has 0 atom stereocenters. The van der Waals surface area contributed by atoms with Crippen LogP contribution < -0.4 is 14.2 Å². The highest BCUT2D eigenvalue weighted by Crippen LogP contribution is 2.41. The quantitative estimate of drug-likeness (QED) is 0.664. The molecule has 1 saturated heterocycles. The van der Waals surface area contributed by atoms with E-state index in [1.165, 1.54) is 34.2 Å². The fraction of sp³-hybridized carbons (Fsp3) is 0.455. The van der Waals surface area contributed by atoms with Crippen LogP contribution in [0.1, 0.15) is 40.3 Å². The van der Waals surface area contributed by atoms with Crippen LogP contribution in [-0.4, -0.2) is 74.7 Å². The van der Waals surface area contributed by atoms with Crippen molar-refractivity contribution < 1.29 is 28.2 Å². The molecule has 1 aliphatic carbocycles. The van der Waals surface area contributed by atoms with E-state index in [-0.39, 0.29) is 41.0 Å². The summed E-state index contributed by atoms with van der Waals surface area (Å²) in [4.78, 5) is 36.5. The molecule has 0 unspecified atom stereocenters. The highest BCUT2D eigenvalue weighted by molar-refractivity contribution is 6.51. The van der Waals surface area contributed by atoms with Gasteiger partial charge in [0.15, 0.2) is 23.0 Å². The summed E-state index contributed by atoms with van der Waals surface area (Å²) in [7, 11) is 4.50. The van der Waals surface area contributed by atoms with Gasteiger partial charge in [0.25, 0.3) is 0 Å². The molecule has 4 rings (SSSR count). The Morgan fingerprint density at radius 3 is 2.35 bits per heavy atom. The molecular weight excluding hydrogens is 402 g/mol. The Morgan fingerprint density at radius 2 is 1.74 bits per heavy atom. The Morgan fingerprint density at radius 1 is 1.06 bits per heavy atom. The molecule has 1 aliphatic heterocycles. The molecule has 0 spiro atoms. The predicted molar refractivity (Wildman–Crippen MR) is 113 cm³/mol. The average molecular weight is 427 g/mol.